The third kappa shape index (κ3) is 3.14. The average Bonchev–Trinajstić information content (AvgIpc) is 3.34. The van der Waals surface area contributed by atoms with Gasteiger partial charge in [-0.2, -0.15) is 0 Å². The number of aryl methyl sites for hydroxylation is 1. The summed E-state index contributed by atoms with van der Waals surface area (Å²) in [6.45, 7) is 1.93. The van der Waals surface area contributed by atoms with Gasteiger partial charge in [-0.15, -0.1) is 0 Å². The highest BCUT2D eigenvalue weighted by molar-refractivity contribution is 6.30. The zero-order chi connectivity index (χ0) is 19.7. The Kier molecular flexibility index (Phi) is 4.41. The fourth-order valence-corrected chi connectivity index (χ4v) is 3.11. The van der Waals surface area contributed by atoms with Gasteiger partial charge in [0.1, 0.15) is 11.3 Å². The molecule has 1 aromatic carbocycles. The highest BCUT2D eigenvalue weighted by Crippen LogP contribution is 2.21. The summed E-state index contributed by atoms with van der Waals surface area (Å²) < 4.78 is 7.09. The first-order valence-electron chi connectivity index (χ1n) is 8.69. The van der Waals surface area contributed by atoms with Crippen molar-refractivity contribution in [2.24, 2.45) is 0 Å². The predicted octanol–water partition coefficient (Wildman–Crippen LogP) is 3.04. The summed E-state index contributed by atoms with van der Waals surface area (Å²) >= 11 is 0. The van der Waals surface area contributed by atoms with Gasteiger partial charge in [-0.25, -0.2) is 4.79 Å². The quantitative estimate of drug-likeness (QED) is 0.561. The minimum absolute atomic E-state index is 0.0545. The van der Waals surface area contributed by atoms with Crippen LogP contribution in [0.1, 0.15) is 17.0 Å². The van der Waals surface area contributed by atoms with Crippen molar-refractivity contribution in [2.45, 2.75) is 13.5 Å². The lowest BCUT2D eigenvalue weighted by Gasteiger charge is -2.25. The van der Waals surface area contributed by atoms with E-state index in [-0.39, 0.29) is 12.1 Å². The molecule has 1 saturated heterocycles. The summed E-state index contributed by atoms with van der Waals surface area (Å²) in [7, 11) is 0. The van der Waals surface area contributed by atoms with Crippen LogP contribution in [0.2, 0.25) is 0 Å². The number of para-hydroxylation sites is 1. The second kappa shape index (κ2) is 7.03. The first kappa shape index (κ1) is 17.5. The molecule has 1 aliphatic heterocycles. The van der Waals surface area contributed by atoms with E-state index in [2.05, 4.69) is 5.32 Å². The molecule has 1 fully saturated rings. The molecule has 1 N–H and O–H groups in total. The van der Waals surface area contributed by atoms with Gasteiger partial charge in [0.15, 0.2) is 0 Å². The molecular formula is C21H17N3O4. The van der Waals surface area contributed by atoms with Gasteiger partial charge in [-0.1, -0.05) is 18.2 Å². The van der Waals surface area contributed by atoms with Crippen LogP contribution in [-0.4, -0.2) is 27.3 Å². The van der Waals surface area contributed by atoms with E-state index in [1.807, 2.05) is 48.0 Å². The molecule has 0 radical (unpaired) electrons. The third-order valence-corrected chi connectivity index (χ3v) is 4.53. The summed E-state index contributed by atoms with van der Waals surface area (Å²) in [5, 5.41) is 2.21. The lowest BCUT2D eigenvalue weighted by Crippen LogP contribution is -2.53. The average molecular weight is 375 g/mol. The van der Waals surface area contributed by atoms with E-state index >= 15 is 0 Å². The Hall–Kier alpha value is -3.87. The SMILES string of the molecule is Cc1ccccc1-n1cccc1C=C1C(=O)NC(=O)N(Cc2ccco2)C1=O. The van der Waals surface area contributed by atoms with Crippen molar-refractivity contribution < 1.29 is 18.8 Å². The van der Waals surface area contributed by atoms with Crippen molar-refractivity contribution in [1.29, 1.82) is 0 Å². The van der Waals surface area contributed by atoms with Crippen LogP contribution in [0.5, 0.6) is 0 Å². The standard InChI is InChI=1S/C21H17N3O4/c1-14-6-2-3-9-18(14)23-10-4-7-15(23)12-17-19(25)22-21(27)24(20(17)26)13-16-8-5-11-28-16/h2-12H,13H2,1H3,(H,22,25,27). The van der Waals surface area contributed by atoms with Crippen molar-refractivity contribution in [3.63, 3.8) is 0 Å². The molecule has 4 rings (SSSR count). The maximum Gasteiger partial charge on any atom is 0.331 e. The van der Waals surface area contributed by atoms with Crippen LogP contribution in [0.3, 0.4) is 0 Å². The zero-order valence-electron chi connectivity index (χ0n) is 15.1. The number of carbonyl (C=O) groups excluding carboxylic acids is 3. The number of carbonyl (C=O) groups is 3. The molecule has 0 spiro atoms. The van der Waals surface area contributed by atoms with E-state index in [1.165, 1.54) is 12.3 Å². The molecule has 0 bridgehead atoms. The van der Waals surface area contributed by atoms with E-state index in [0.29, 0.717) is 11.5 Å². The van der Waals surface area contributed by atoms with E-state index in [1.54, 1.807) is 18.2 Å². The normalized spacial score (nSPS) is 16.0. The van der Waals surface area contributed by atoms with Crippen LogP contribution in [0.15, 0.2) is 71.0 Å². The molecule has 4 amide bonds. The van der Waals surface area contributed by atoms with Gasteiger partial charge in [0.25, 0.3) is 11.8 Å². The summed E-state index contributed by atoms with van der Waals surface area (Å²) in [5.41, 5.74) is 2.53. The van der Waals surface area contributed by atoms with Crippen molar-refractivity contribution in [3.8, 4) is 5.69 Å². The fraction of sp³-hybridized carbons (Fsp3) is 0.0952. The van der Waals surface area contributed by atoms with E-state index < -0.39 is 17.8 Å². The van der Waals surface area contributed by atoms with E-state index in [9.17, 15) is 14.4 Å². The Morgan fingerprint density at radius 1 is 1.04 bits per heavy atom. The molecular weight excluding hydrogens is 358 g/mol. The van der Waals surface area contributed by atoms with E-state index in [4.69, 9.17) is 4.42 Å². The number of furan rings is 1. The van der Waals surface area contributed by atoms with E-state index in [0.717, 1.165) is 16.2 Å². The van der Waals surface area contributed by atoms with Crippen molar-refractivity contribution >= 4 is 23.9 Å². The van der Waals surface area contributed by atoms with Crippen molar-refractivity contribution in [1.82, 2.24) is 14.8 Å². The Balaban J connectivity index is 1.70. The second-order valence-corrected chi connectivity index (χ2v) is 6.38. The van der Waals surface area contributed by atoms with Gasteiger partial charge in [-0.3, -0.25) is 19.8 Å². The number of hydrogen-bond acceptors (Lipinski definition) is 4. The lowest BCUT2D eigenvalue weighted by molar-refractivity contribution is -0.130. The number of imide groups is 2. The largest absolute Gasteiger partial charge is 0.467 e. The molecule has 0 aliphatic carbocycles. The maximum atomic E-state index is 12.8. The molecule has 7 heteroatoms. The lowest BCUT2D eigenvalue weighted by atomic mass is 10.1. The number of barbiturate groups is 1. The van der Waals surface area contributed by atoms with Gasteiger partial charge >= 0.3 is 6.03 Å². The Morgan fingerprint density at radius 2 is 1.86 bits per heavy atom. The molecule has 7 nitrogen and oxygen atoms in total. The van der Waals surface area contributed by atoms with Crippen LogP contribution in [0.25, 0.3) is 11.8 Å². The minimum atomic E-state index is -0.766. The number of nitrogens with one attached hydrogen (secondary N) is 1. The number of urea groups is 1. The molecule has 0 unspecified atom stereocenters. The highest BCUT2D eigenvalue weighted by Gasteiger charge is 2.36. The first-order valence-corrected chi connectivity index (χ1v) is 8.69. The Labute approximate surface area is 160 Å². The van der Waals surface area contributed by atoms with Crippen LogP contribution in [0, 0.1) is 6.92 Å². The number of benzene rings is 1. The fourth-order valence-electron chi connectivity index (χ4n) is 3.11. The maximum absolute atomic E-state index is 12.8. The third-order valence-electron chi connectivity index (χ3n) is 4.53. The number of rotatable bonds is 4. The first-order chi connectivity index (χ1) is 13.5. The van der Waals surface area contributed by atoms with Crippen LogP contribution in [0.4, 0.5) is 4.79 Å². The number of amides is 4. The minimum Gasteiger partial charge on any atom is -0.467 e. The summed E-state index contributed by atoms with van der Waals surface area (Å²) in [5.74, 6) is -0.939. The monoisotopic (exact) mass is 375 g/mol. The molecule has 3 heterocycles. The molecule has 3 aromatic rings. The summed E-state index contributed by atoms with van der Waals surface area (Å²) in [6, 6.07) is 14.0. The van der Waals surface area contributed by atoms with Gasteiger partial charge in [0, 0.05) is 17.6 Å². The highest BCUT2D eigenvalue weighted by atomic mass is 16.3. The molecule has 2 aromatic heterocycles. The number of hydrogen-bond donors (Lipinski definition) is 1. The topological polar surface area (TPSA) is 84.6 Å². The summed E-state index contributed by atoms with van der Waals surface area (Å²) in [6.07, 6.45) is 4.80. The zero-order valence-corrected chi connectivity index (χ0v) is 15.1. The predicted molar refractivity (Wildman–Crippen MR) is 101 cm³/mol. The van der Waals surface area contributed by atoms with Gasteiger partial charge in [0.05, 0.1) is 12.8 Å². The van der Waals surface area contributed by atoms with Gasteiger partial charge in [-0.05, 0) is 48.9 Å². The number of nitrogens with zero attached hydrogens (tertiary/aromatic N) is 2. The van der Waals surface area contributed by atoms with Crippen LogP contribution < -0.4 is 5.32 Å². The molecule has 0 saturated carbocycles. The molecule has 0 atom stereocenters. The van der Waals surface area contributed by atoms with Crippen molar-refractivity contribution in [2.75, 3.05) is 0 Å². The summed E-state index contributed by atoms with van der Waals surface area (Å²) in [4.78, 5) is 38.2. The second-order valence-electron chi connectivity index (χ2n) is 6.38. The molecule has 140 valence electrons. The smallest absolute Gasteiger partial charge is 0.331 e. The van der Waals surface area contributed by atoms with Gasteiger partial charge < -0.3 is 8.98 Å². The Morgan fingerprint density at radius 3 is 2.61 bits per heavy atom. The number of aromatic nitrogens is 1. The van der Waals surface area contributed by atoms with Crippen LogP contribution >= 0.6 is 0 Å². The Bertz CT molecular complexity index is 1090. The molecule has 1 aliphatic rings. The van der Waals surface area contributed by atoms with Crippen LogP contribution in [-0.2, 0) is 16.1 Å². The van der Waals surface area contributed by atoms with Gasteiger partial charge in [0.2, 0.25) is 0 Å². The van der Waals surface area contributed by atoms with Crippen molar-refractivity contribution in [3.05, 3.63) is 83.6 Å². The molecule has 28 heavy (non-hydrogen) atoms.